The van der Waals surface area contributed by atoms with E-state index < -0.39 is 7.12 Å². The Morgan fingerprint density at radius 2 is 2.07 bits per heavy atom. The van der Waals surface area contributed by atoms with Gasteiger partial charge in [0, 0.05) is 15.5 Å². The Kier molecular flexibility index (Phi) is 2.22. The third-order valence-corrected chi connectivity index (χ3v) is 3.17. The first kappa shape index (κ1) is 9.52. The molecule has 0 atom stereocenters. The normalized spacial score (nSPS) is 10.8. The predicted octanol–water partition coefficient (Wildman–Crippen LogP) is 0.595. The molecule has 0 aliphatic rings. The first-order valence-electron chi connectivity index (χ1n) is 4.17. The summed E-state index contributed by atoms with van der Waals surface area (Å²) in [5.74, 6) is 0.214. The van der Waals surface area contributed by atoms with Crippen LogP contribution in [-0.4, -0.2) is 22.3 Å². The molecular weight excluding hydrogens is 199 g/mol. The minimum Gasteiger partial charge on any atom is -0.507 e. The van der Waals surface area contributed by atoms with Crippen molar-refractivity contribution in [3.8, 4) is 5.75 Å². The van der Waals surface area contributed by atoms with Crippen LogP contribution in [0, 0.1) is 6.92 Å². The summed E-state index contributed by atoms with van der Waals surface area (Å²) < 4.78 is 0.725. The van der Waals surface area contributed by atoms with Gasteiger partial charge in [0.15, 0.2) is 0 Å². The molecule has 1 aromatic heterocycles. The Morgan fingerprint density at radius 3 is 2.71 bits per heavy atom. The number of aromatic hydroxyl groups is 1. The lowest BCUT2D eigenvalue weighted by molar-refractivity contribution is 0.426. The number of hydrogen-bond acceptors (Lipinski definition) is 4. The molecule has 14 heavy (non-hydrogen) atoms. The lowest BCUT2D eigenvalue weighted by Gasteiger charge is -2.06. The molecule has 0 saturated carbocycles. The molecule has 0 aliphatic heterocycles. The molecule has 3 N–H and O–H groups in total. The first-order valence-corrected chi connectivity index (χ1v) is 5.05. The van der Waals surface area contributed by atoms with E-state index in [1.54, 1.807) is 19.1 Å². The molecule has 0 radical (unpaired) electrons. The van der Waals surface area contributed by atoms with Gasteiger partial charge in [0.25, 0.3) is 0 Å². The zero-order chi connectivity index (χ0) is 10.3. The van der Waals surface area contributed by atoms with Gasteiger partial charge in [-0.15, -0.1) is 11.3 Å². The lowest BCUT2D eigenvalue weighted by Crippen LogP contribution is -2.30. The number of hydrogen-bond donors (Lipinski definition) is 3. The Bertz CT molecular complexity index is 478. The smallest absolute Gasteiger partial charge is 0.489 e. The number of thiophene rings is 1. The van der Waals surface area contributed by atoms with Crippen LogP contribution in [0.3, 0.4) is 0 Å². The fourth-order valence-electron chi connectivity index (χ4n) is 1.49. The highest BCUT2D eigenvalue weighted by atomic mass is 32.1. The van der Waals surface area contributed by atoms with Crippen molar-refractivity contribution in [3.63, 3.8) is 0 Å². The molecule has 2 rings (SSSR count). The van der Waals surface area contributed by atoms with Crippen molar-refractivity contribution >= 4 is 34.0 Å². The summed E-state index contributed by atoms with van der Waals surface area (Å²) in [5, 5.41) is 30.5. The van der Waals surface area contributed by atoms with Crippen molar-refractivity contribution in [1.29, 1.82) is 0 Å². The van der Waals surface area contributed by atoms with Gasteiger partial charge in [0.2, 0.25) is 0 Å². The molecule has 0 unspecified atom stereocenters. The Labute approximate surface area is 85.4 Å². The van der Waals surface area contributed by atoms with Crippen LogP contribution in [0.2, 0.25) is 0 Å². The van der Waals surface area contributed by atoms with Crippen LogP contribution in [0.5, 0.6) is 5.75 Å². The molecule has 2 aromatic rings. The van der Waals surface area contributed by atoms with Crippen LogP contribution >= 0.6 is 11.3 Å². The molecule has 0 bridgehead atoms. The largest absolute Gasteiger partial charge is 0.507 e. The quantitative estimate of drug-likeness (QED) is 0.601. The van der Waals surface area contributed by atoms with Crippen molar-refractivity contribution in [1.82, 2.24) is 0 Å². The number of aryl methyl sites for hydroxylation is 1. The standard InChI is InChI=1S/C9H9BO3S/c1-5-4-7(10(12)13)9-6(8(5)11)2-3-14-9/h2-4,11-13H,1H3. The van der Waals surface area contributed by atoms with Crippen LogP contribution < -0.4 is 5.46 Å². The maximum absolute atomic E-state index is 9.70. The molecule has 1 aromatic carbocycles. The van der Waals surface area contributed by atoms with E-state index in [0.29, 0.717) is 16.4 Å². The Balaban J connectivity index is 2.84. The third kappa shape index (κ3) is 1.30. The van der Waals surface area contributed by atoms with Crippen LogP contribution in [0.15, 0.2) is 17.5 Å². The van der Waals surface area contributed by atoms with Gasteiger partial charge in [-0.05, 0) is 23.9 Å². The van der Waals surface area contributed by atoms with E-state index in [0.717, 1.165) is 4.70 Å². The predicted molar refractivity (Wildman–Crippen MR) is 58.1 cm³/mol. The molecule has 0 spiro atoms. The maximum atomic E-state index is 9.70. The van der Waals surface area contributed by atoms with Gasteiger partial charge in [0.1, 0.15) is 5.75 Å². The average molecular weight is 208 g/mol. The maximum Gasteiger partial charge on any atom is 0.489 e. The molecular formula is C9H9BO3S. The second-order valence-electron chi connectivity index (χ2n) is 3.17. The highest BCUT2D eigenvalue weighted by Gasteiger charge is 2.18. The second-order valence-corrected chi connectivity index (χ2v) is 4.08. The molecule has 0 amide bonds. The zero-order valence-electron chi connectivity index (χ0n) is 7.56. The Morgan fingerprint density at radius 1 is 1.36 bits per heavy atom. The molecule has 72 valence electrons. The second kappa shape index (κ2) is 3.27. The van der Waals surface area contributed by atoms with Crippen molar-refractivity contribution in [2.24, 2.45) is 0 Å². The zero-order valence-corrected chi connectivity index (χ0v) is 8.38. The van der Waals surface area contributed by atoms with Gasteiger partial charge >= 0.3 is 7.12 Å². The number of phenolic OH excluding ortho intramolecular Hbond substituents is 1. The Hall–Kier alpha value is -1.04. The van der Waals surface area contributed by atoms with Crippen molar-refractivity contribution in [3.05, 3.63) is 23.1 Å². The van der Waals surface area contributed by atoms with Crippen LogP contribution in [0.4, 0.5) is 0 Å². The minimum absolute atomic E-state index is 0.214. The summed E-state index contributed by atoms with van der Waals surface area (Å²) in [4.78, 5) is 0. The number of benzene rings is 1. The summed E-state index contributed by atoms with van der Waals surface area (Å²) in [6, 6.07) is 3.37. The summed E-state index contributed by atoms with van der Waals surface area (Å²) in [5.41, 5.74) is 1.10. The van der Waals surface area contributed by atoms with Gasteiger partial charge < -0.3 is 15.2 Å². The summed E-state index contributed by atoms with van der Waals surface area (Å²) >= 11 is 1.39. The van der Waals surface area contributed by atoms with Crippen molar-refractivity contribution in [2.45, 2.75) is 6.92 Å². The molecule has 1 heterocycles. The van der Waals surface area contributed by atoms with Crippen LogP contribution in [-0.2, 0) is 0 Å². The van der Waals surface area contributed by atoms with E-state index in [2.05, 4.69) is 0 Å². The average Bonchev–Trinajstić information content (AvgIpc) is 2.59. The number of phenols is 1. The highest BCUT2D eigenvalue weighted by molar-refractivity contribution is 7.18. The minimum atomic E-state index is -1.49. The van der Waals surface area contributed by atoms with E-state index in [4.69, 9.17) is 10.0 Å². The van der Waals surface area contributed by atoms with E-state index in [-0.39, 0.29) is 5.75 Å². The summed E-state index contributed by atoms with van der Waals surface area (Å²) in [7, 11) is -1.49. The van der Waals surface area contributed by atoms with E-state index in [1.165, 1.54) is 11.3 Å². The van der Waals surface area contributed by atoms with Crippen LogP contribution in [0.1, 0.15) is 5.56 Å². The molecule has 0 aliphatic carbocycles. The van der Waals surface area contributed by atoms with Gasteiger partial charge in [-0.3, -0.25) is 0 Å². The van der Waals surface area contributed by atoms with E-state index in [1.807, 2.05) is 5.38 Å². The molecule has 0 fully saturated rings. The van der Waals surface area contributed by atoms with Gasteiger partial charge in [0.05, 0.1) is 0 Å². The van der Waals surface area contributed by atoms with E-state index in [9.17, 15) is 5.11 Å². The number of fused-ring (bicyclic) bond motifs is 1. The van der Waals surface area contributed by atoms with Gasteiger partial charge in [-0.1, -0.05) is 6.07 Å². The van der Waals surface area contributed by atoms with Crippen LogP contribution in [0.25, 0.3) is 10.1 Å². The van der Waals surface area contributed by atoms with Gasteiger partial charge in [-0.2, -0.15) is 0 Å². The van der Waals surface area contributed by atoms with E-state index >= 15 is 0 Å². The SMILES string of the molecule is Cc1cc(B(O)O)c2sccc2c1O. The topological polar surface area (TPSA) is 60.7 Å². The first-order chi connectivity index (χ1) is 6.61. The number of rotatable bonds is 1. The van der Waals surface area contributed by atoms with Crippen molar-refractivity contribution < 1.29 is 15.2 Å². The lowest BCUT2D eigenvalue weighted by atomic mass is 9.79. The summed E-state index contributed by atoms with van der Waals surface area (Å²) in [6.07, 6.45) is 0. The molecule has 5 heteroatoms. The monoisotopic (exact) mass is 208 g/mol. The molecule has 3 nitrogen and oxygen atoms in total. The van der Waals surface area contributed by atoms with Gasteiger partial charge in [-0.25, -0.2) is 0 Å². The van der Waals surface area contributed by atoms with Crippen molar-refractivity contribution in [2.75, 3.05) is 0 Å². The third-order valence-electron chi connectivity index (χ3n) is 2.21. The highest BCUT2D eigenvalue weighted by Crippen LogP contribution is 2.30. The fourth-order valence-corrected chi connectivity index (χ4v) is 2.42. The fraction of sp³-hybridized carbons (Fsp3) is 0.111. The molecule has 0 saturated heterocycles. The summed E-state index contributed by atoms with van der Waals surface area (Å²) in [6.45, 7) is 1.73.